The smallest absolute Gasteiger partial charge is 0.156 e. The summed E-state index contributed by atoms with van der Waals surface area (Å²) in [6, 6.07) is 7.30. The largest absolute Gasteiger partial charge is 0.628 e. The lowest BCUT2D eigenvalue weighted by atomic mass is 10.1. The Bertz CT molecular complexity index is 549. The SMILES string of the molecule is CC1c2c(N)ncn2-c2ccccc2[NH+]1[O-]. The van der Waals surface area contributed by atoms with Crippen LogP contribution in [-0.2, 0) is 0 Å². The molecule has 0 bridgehead atoms. The molecule has 5 nitrogen and oxygen atoms in total. The standard InChI is InChI=1S/C11H12N4O/c1-7-10-11(12)13-6-14(10)8-4-2-3-5-9(8)15(7)16/h2-7,15H,12H2,1H3. The lowest BCUT2D eigenvalue weighted by molar-refractivity contribution is -0.813. The van der Waals surface area contributed by atoms with Crippen molar-refractivity contribution in [2.24, 2.45) is 0 Å². The van der Waals surface area contributed by atoms with Crippen LogP contribution in [0.1, 0.15) is 18.7 Å². The van der Waals surface area contributed by atoms with Crippen molar-refractivity contribution in [2.45, 2.75) is 13.0 Å². The Hall–Kier alpha value is -1.85. The molecule has 2 atom stereocenters. The van der Waals surface area contributed by atoms with Gasteiger partial charge in [-0.3, -0.25) is 4.57 Å². The van der Waals surface area contributed by atoms with Gasteiger partial charge in [-0.2, -0.15) is 0 Å². The Kier molecular flexibility index (Phi) is 1.80. The number of hydrogen-bond donors (Lipinski definition) is 2. The molecule has 5 heteroatoms. The van der Waals surface area contributed by atoms with Gasteiger partial charge >= 0.3 is 0 Å². The molecule has 16 heavy (non-hydrogen) atoms. The molecule has 0 saturated carbocycles. The third-order valence-corrected chi connectivity index (χ3v) is 3.07. The number of quaternary nitrogens is 1. The van der Waals surface area contributed by atoms with Gasteiger partial charge in [0.15, 0.2) is 11.5 Å². The highest BCUT2D eigenvalue weighted by molar-refractivity contribution is 5.57. The van der Waals surface area contributed by atoms with E-state index in [0.717, 1.165) is 17.1 Å². The van der Waals surface area contributed by atoms with Crippen LogP contribution in [-0.4, -0.2) is 9.55 Å². The van der Waals surface area contributed by atoms with Crippen molar-refractivity contribution in [1.29, 1.82) is 0 Å². The maximum absolute atomic E-state index is 12.1. The molecule has 1 aromatic carbocycles. The number of benzene rings is 1. The van der Waals surface area contributed by atoms with Crippen LogP contribution in [0.25, 0.3) is 5.69 Å². The molecule has 1 aliphatic rings. The number of nitrogen functional groups attached to an aromatic ring is 1. The number of nitrogens with zero attached hydrogens (tertiary/aromatic N) is 2. The highest BCUT2D eigenvalue weighted by Gasteiger charge is 2.30. The van der Waals surface area contributed by atoms with Gasteiger partial charge in [-0.1, -0.05) is 12.1 Å². The first-order valence-corrected chi connectivity index (χ1v) is 5.16. The number of fused-ring (bicyclic) bond motifs is 3. The monoisotopic (exact) mass is 216 g/mol. The van der Waals surface area contributed by atoms with Crippen molar-refractivity contribution in [3.8, 4) is 5.69 Å². The van der Waals surface area contributed by atoms with E-state index in [1.54, 1.807) is 6.33 Å². The lowest BCUT2D eigenvalue weighted by Crippen LogP contribution is -3.03. The molecule has 1 aliphatic heterocycles. The number of rotatable bonds is 0. The number of hydroxylamine groups is 1. The Morgan fingerprint density at radius 3 is 3.00 bits per heavy atom. The maximum Gasteiger partial charge on any atom is 0.156 e. The second-order valence-corrected chi connectivity index (χ2v) is 3.99. The Morgan fingerprint density at radius 2 is 2.19 bits per heavy atom. The van der Waals surface area contributed by atoms with E-state index in [1.807, 2.05) is 35.8 Å². The van der Waals surface area contributed by atoms with Gasteiger partial charge < -0.3 is 16.0 Å². The molecular weight excluding hydrogens is 204 g/mol. The minimum Gasteiger partial charge on any atom is -0.628 e. The normalized spacial score (nSPS) is 22.6. The minimum atomic E-state index is -0.225. The van der Waals surface area contributed by atoms with E-state index < -0.39 is 0 Å². The maximum atomic E-state index is 12.1. The first-order chi connectivity index (χ1) is 7.70. The Labute approximate surface area is 92.7 Å². The van der Waals surface area contributed by atoms with Crippen LogP contribution >= 0.6 is 0 Å². The average molecular weight is 216 g/mol. The molecule has 0 fully saturated rings. The zero-order valence-corrected chi connectivity index (χ0v) is 8.84. The number of para-hydroxylation sites is 2. The summed E-state index contributed by atoms with van der Waals surface area (Å²) in [7, 11) is 0. The third kappa shape index (κ3) is 1.04. The van der Waals surface area contributed by atoms with E-state index in [0.29, 0.717) is 5.82 Å². The van der Waals surface area contributed by atoms with E-state index in [9.17, 15) is 5.21 Å². The quantitative estimate of drug-likeness (QED) is 0.631. The van der Waals surface area contributed by atoms with Crippen LogP contribution in [0, 0.1) is 5.21 Å². The molecule has 3 N–H and O–H groups in total. The number of hydrogen-bond acceptors (Lipinski definition) is 3. The second-order valence-electron chi connectivity index (χ2n) is 3.99. The van der Waals surface area contributed by atoms with Gasteiger partial charge in [0, 0.05) is 6.07 Å². The van der Waals surface area contributed by atoms with Gasteiger partial charge in [0.1, 0.15) is 23.8 Å². The van der Waals surface area contributed by atoms with Crippen LogP contribution in [0.5, 0.6) is 0 Å². The number of aromatic nitrogens is 2. The van der Waals surface area contributed by atoms with E-state index in [1.165, 1.54) is 0 Å². The van der Waals surface area contributed by atoms with Crippen LogP contribution < -0.4 is 10.8 Å². The predicted molar refractivity (Wildman–Crippen MR) is 60.4 cm³/mol. The van der Waals surface area contributed by atoms with E-state index in [2.05, 4.69) is 4.98 Å². The first-order valence-electron chi connectivity index (χ1n) is 5.16. The van der Waals surface area contributed by atoms with E-state index in [-0.39, 0.29) is 11.1 Å². The number of nitrogens with two attached hydrogens (primary N) is 1. The van der Waals surface area contributed by atoms with Crippen molar-refractivity contribution >= 4 is 11.5 Å². The van der Waals surface area contributed by atoms with Crippen LogP contribution in [0.15, 0.2) is 30.6 Å². The molecule has 2 heterocycles. The summed E-state index contributed by atoms with van der Waals surface area (Å²) in [6.07, 6.45) is 1.67. The molecule has 82 valence electrons. The second kappa shape index (κ2) is 3.07. The molecule has 1 aromatic heterocycles. The first kappa shape index (κ1) is 9.38. The molecule has 0 saturated heterocycles. The highest BCUT2D eigenvalue weighted by atomic mass is 16.5. The summed E-state index contributed by atoms with van der Waals surface area (Å²) in [4.78, 5) is 4.07. The van der Waals surface area contributed by atoms with Crippen molar-refractivity contribution in [1.82, 2.24) is 9.55 Å². The van der Waals surface area contributed by atoms with Gasteiger partial charge in [0.05, 0.1) is 0 Å². The Balaban J connectivity index is 2.34. The average Bonchev–Trinajstić information content (AvgIpc) is 2.69. The van der Waals surface area contributed by atoms with Gasteiger partial charge in [-0.05, 0) is 13.0 Å². The van der Waals surface area contributed by atoms with Gasteiger partial charge in [0.25, 0.3) is 0 Å². The number of anilines is 1. The summed E-state index contributed by atoms with van der Waals surface area (Å²) in [6.45, 7) is 1.86. The Morgan fingerprint density at radius 1 is 1.44 bits per heavy atom. The van der Waals surface area contributed by atoms with Crippen molar-refractivity contribution in [3.05, 3.63) is 41.5 Å². The third-order valence-electron chi connectivity index (χ3n) is 3.07. The fourth-order valence-electron chi connectivity index (χ4n) is 2.24. The van der Waals surface area contributed by atoms with Gasteiger partial charge in [-0.15, -0.1) is 0 Å². The molecule has 0 aliphatic carbocycles. The molecule has 0 amide bonds. The summed E-state index contributed by atoms with van der Waals surface area (Å²) in [5.41, 5.74) is 8.18. The number of nitrogens with one attached hydrogen (secondary N) is 1. The van der Waals surface area contributed by atoms with E-state index >= 15 is 0 Å². The van der Waals surface area contributed by atoms with Crippen molar-refractivity contribution in [3.63, 3.8) is 0 Å². The zero-order chi connectivity index (χ0) is 11.3. The summed E-state index contributed by atoms with van der Waals surface area (Å²) in [5.74, 6) is 0.440. The molecule has 3 rings (SSSR count). The van der Waals surface area contributed by atoms with Gasteiger partial charge in [-0.25, -0.2) is 4.98 Å². The van der Waals surface area contributed by atoms with Crippen molar-refractivity contribution in [2.75, 3.05) is 5.73 Å². The zero-order valence-electron chi connectivity index (χ0n) is 8.84. The number of imidazole rings is 1. The van der Waals surface area contributed by atoms with Gasteiger partial charge in [0.2, 0.25) is 0 Å². The molecular formula is C11H12N4O. The summed E-state index contributed by atoms with van der Waals surface area (Å²) >= 11 is 0. The minimum absolute atomic E-state index is 0.107. The van der Waals surface area contributed by atoms with E-state index in [4.69, 9.17) is 5.73 Å². The fraction of sp³-hybridized carbons (Fsp3) is 0.182. The van der Waals surface area contributed by atoms with Crippen LogP contribution in [0.2, 0.25) is 0 Å². The highest BCUT2D eigenvalue weighted by Crippen LogP contribution is 2.29. The molecule has 2 aromatic rings. The molecule has 2 unspecified atom stereocenters. The predicted octanol–water partition coefficient (Wildman–Crippen LogP) is 0.543. The summed E-state index contributed by atoms with van der Waals surface area (Å²) in [5, 5.41) is 12.2. The fourth-order valence-corrected chi connectivity index (χ4v) is 2.24. The molecule has 0 radical (unpaired) electrons. The molecule has 0 spiro atoms. The topological polar surface area (TPSA) is 71.3 Å². The summed E-state index contributed by atoms with van der Waals surface area (Å²) < 4.78 is 1.90. The lowest BCUT2D eigenvalue weighted by Gasteiger charge is -2.34. The van der Waals surface area contributed by atoms with Crippen LogP contribution in [0.4, 0.5) is 11.5 Å². The van der Waals surface area contributed by atoms with Crippen molar-refractivity contribution < 1.29 is 5.06 Å². The van der Waals surface area contributed by atoms with Crippen LogP contribution in [0.3, 0.4) is 0 Å².